The molecule has 1 aromatic heterocycles. The van der Waals surface area contributed by atoms with Gasteiger partial charge in [-0.25, -0.2) is 0 Å². The Morgan fingerprint density at radius 2 is 1.90 bits per heavy atom. The summed E-state index contributed by atoms with van der Waals surface area (Å²) in [6.45, 7) is 6.23. The summed E-state index contributed by atoms with van der Waals surface area (Å²) >= 11 is 0. The largest absolute Gasteiger partial charge is 0.487 e. The third kappa shape index (κ3) is 4.63. The first kappa shape index (κ1) is 21.5. The number of aromatic nitrogens is 1. The van der Waals surface area contributed by atoms with Crippen molar-refractivity contribution in [1.82, 2.24) is 14.8 Å². The minimum absolute atomic E-state index is 0.0724. The van der Waals surface area contributed by atoms with Crippen molar-refractivity contribution in [2.24, 2.45) is 13.0 Å². The summed E-state index contributed by atoms with van der Waals surface area (Å²) in [4.78, 5) is 27.4. The summed E-state index contributed by atoms with van der Waals surface area (Å²) in [5, 5.41) is 3.06. The molecule has 0 bridgehead atoms. The van der Waals surface area contributed by atoms with Crippen LogP contribution < -0.4 is 10.1 Å². The van der Waals surface area contributed by atoms with E-state index in [1.165, 1.54) is 0 Å². The number of hydrogen-bond donors (Lipinski definition) is 1. The minimum Gasteiger partial charge on any atom is -0.487 e. The Bertz CT molecular complexity index is 941. The lowest BCUT2D eigenvalue weighted by atomic mass is 9.76. The molecule has 1 N–H and O–H groups in total. The maximum Gasteiger partial charge on any atom is 0.270 e. The highest BCUT2D eigenvalue weighted by Crippen LogP contribution is 2.46. The SMILES string of the molecule is CC(C)CNC(=O)C[C@H]1CC2(CCN(C(=O)c3cccn3C)CC2)Oc2ccccc21. The van der Waals surface area contributed by atoms with Gasteiger partial charge in [-0.1, -0.05) is 32.0 Å². The van der Waals surface area contributed by atoms with Gasteiger partial charge in [-0.15, -0.1) is 0 Å². The molecule has 6 nitrogen and oxygen atoms in total. The molecule has 3 heterocycles. The summed E-state index contributed by atoms with van der Waals surface area (Å²) in [6.07, 6.45) is 4.74. The lowest BCUT2D eigenvalue weighted by Gasteiger charge is -2.47. The van der Waals surface area contributed by atoms with E-state index in [0.29, 0.717) is 37.7 Å². The van der Waals surface area contributed by atoms with E-state index in [4.69, 9.17) is 4.74 Å². The van der Waals surface area contributed by atoms with Crippen molar-refractivity contribution in [1.29, 1.82) is 0 Å². The molecule has 2 amide bonds. The van der Waals surface area contributed by atoms with Gasteiger partial charge < -0.3 is 19.5 Å². The molecule has 166 valence electrons. The van der Waals surface area contributed by atoms with Gasteiger partial charge in [0.05, 0.1) is 0 Å². The molecule has 2 aliphatic heterocycles. The molecule has 0 unspecified atom stereocenters. The van der Waals surface area contributed by atoms with Gasteiger partial charge in [-0.05, 0) is 36.1 Å². The van der Waals surface area contributed by atoms with Crippen LogP contribution in [0.2, 0.25) is 0 Å². The first-order valence-corrected chi connectivity index (χ1v) is 11.3. The summed E-state index contributed by atoms with van der Waals surface area (Å²) in [5.41, 5.74) is 1.52. The van der Waals surface area contributed by atoms with E-state index >= 15 is 0 Å². The normalized spacial score (nSPS) is 19.7. The molecule has 1 aromatic carbocycles. The smallest absolute Gasteiger partial charge is 0.270 e. The third-order valence-electron chi connectivity index (χ3n) is 6.57. The average molecular weight is 424 g/mol. The first-order valence-electron chi connectivity index (χ1n) is 11.3. The molecule has 4 rings (SSSR count). The van der Waals surface area contributed by atoms with E-state index in [1.54, 1.807) is 0 Å². The number of likely N-dealkylation sites (tertiary alicyclic amines) is 1. The van der Waals surface area contributed by atoms with E-state index in [2.05, 4.69) is 25.2 Å². The summed E-state index contributed by atoms with van der Waals surface area (Å²) < 4.78 is 8.40. The summed E-state index contributed by atoms with van der Waals surface area (Å²) in [7, 11) is 1.90. The third-order valence-corrected chi connectivity index (χ3v) is 6.57. The van der Waals surface area contributed by atoms with Crippen molar-refractivity contribution >= 4 is 11.8 Å². The van der Waals surface area contributed by atoms with Gasteiger partial charge in [0.15, 0.2) is 0 Å². The lowest BCUT2D eigenvalue weighted by molar-refractivity contribution is -0.122. The van der Waals surface area contributed by atoms with Crippen LogP contribution in [0.1, 0.15) is 61.5 Å². The second kappa shape index (κ2) is 8.77. The number of nitrogens with zero attached hydrogens (tertiary/aromatic N) is 2. The molecule has 0 radical (unpaired) electrons. The Hall–Kier alpha value is -2.76. The highest BCUT2D eigenvalue weighted by atomic mass is 16.5. The summed E-state index contributed by atoms with van der Waals surface area (Å²) in [6, 6.07) is 11.9. The van der Waals surface area contributed by atoms with Crippen molar-refractivity contribution in [2.45, 2.75) is 51.0 Å². The van der Waals surface area contributed by atoms with Crippen LogP contribution in [0.4, 0.5) is 0 Å². The molecule has 1 fully saturated rings. The Morgan fingerprint density at radius 3 is 2.58 bits per heavy atom. The number of fused-ring (bicyclic) bond motifs is 1. The number of benzene rings is 1. The maximum atomic E-state index is 12.9. The highest BCUT2D eigenvalue weighted by molar-refractivity contribution is 5.92. The standard InChI is InChI=1S/C25H33N3O3/c1-18(2)17-26-23(29)15-19-16-25(31-22-9-5-4-7-20(19)22)10-13-28(14-11-25)24(30)21-8-6-12-27(21)3/h4-9,12,18-19H,10-11,13-17H2,1-3H3,(H,26,29)/t19-/m0/s1. The zero-order valence-electron chi connectivity index (χ0n) is 18.8. The molecule has 0 saturated carbocycles. The van der Waals surface area contributed by atoms with E-state index in [0.717, 1.165) is 30.6 Å². The zero-order valence-corrected chi connectivity index (χ0v) is 18.8. The van der Waals surface area contributed by atoms with Gasteiger partial charge in [0, 0.05) is 58.1 Å². The highest BCUT2D eigenvalue weighted by Gasteiger charge is 2.44. The second-order valence-corrected chi connectivity index (χ2v) is 9.42. The fraction of sp³-hybridized carbons (Fsp3) is 0.520. The van der Waals surface area contributed by atoms with Gasteiger partial charge in [-0.2, -0.15) is 0 Å². The molecule has 0 aliphatic carbocycles. The molecule has 2 aromatic rings. The number of ether oxygens (including phenoxy) is 1. The fourth-order valence-corrected chi connectivity index (χ4v) is 4.81. The maximum absolute atomic E-state index is 12.9. The topological polar surface area (TPSA) is 63.6 Å². The van der Waals surface area contributed by atoms with Crippen LogP contribution in [-0.2, 0) is 11.8 Å². The Labute approximate surface area is 184 Å². The molecule has 2 aliphatic rings. The number of para-hydroxylation sites is 1. The van der Waals surface area contributed by atoms with Gasteiger partial charge in [0.2, 0.25) is 5.91 Å². The predicted molar refractivity (Wildman–Crippen MR) is 120 cm³/mol. The Kier molecular flexibility index (Phi) is 6.08. The Morgan fingerprint density at radius 1 is 1.16 bits per heavy atom. The minimum atomic E-state index is -0.317. The molecule has 31 heavy (non-hydrogen) atoms. The molecule has 1 saturated heterocycles. The van der Waals surface area contributed by atoms with Gasteiger partial charge >= 0.3 is 0 Å². The quantitative estimate of drug-likeness (QED) is 0.797. The van der Waals surface area contributed by atoms with Crippen molar-refractivity contribution in [2.75, 3.05) is 19.6 Å². The van der Waals surface area contributed by atoms with Crippen molar-refractivity contribution < 1.29 is 14.3 Å². The van der Waals surface area contributed by atoms with E-state index < -0.39 is 0 Å². The number of rotatable bonds is 5. The summed E-state index contributed by atoms with van der Waals surface area (Å²) in [5.74, 6) is 1.62. The van der Waals surface area contributed by atoms with Crippen molar-refractivity contribution in [3.63, 3.8) is 0 Å². The van der Waals surface area contributed by atoms with Crippen molar-refractivity contribution in [3.05, 3.63) is 53.9 Å². The number of carbonyl (C=O) groups is 2. The molecule has 1 atom stereocenters. The Balaban J connectivity index is 1.46. The molecule has 6 heteroatoms. The van der Waals surface area contributed by atoms with Crippen LogP contribution in [0, 0.1) is 5.92 Å². The van der Waals surface area contributed by atoms with Gasteiger partial charge in [0.1, 0.15) is 17.0 Å². The lowest BCUT2D eigenvalue weighted by Crippen LogP contribution is -2.52. The van der Waals surface area contributed by atoms with Gasteiger partial charge in [-0.3, -0.25) is 9.59 Å². The van der Waals surface area contributed by atoms with E-state index in [-0.39, 0.29) is 23.3 Å². The molecular formula is C25H33N3O3. The zero-order chi connectivity index (χ0) is 22.0. The van der Waals surface area contributed by atoms with E-state index in [1.807, 2.05) is 53.0 Å². The number of aryl methyl sites for hydroxylation is 1. The van der Waals surface area contributed by atoms with Crippen LogP contribution in [0.25, 0.3) is 0 Å². The van der Waals surface area contributed by atoms with E-state index in [9.17, 15) is 9.59 Å². The first-order chi connectivity index (χ1) is 14.9. The number of amides is 2. The average Bonchev–Trinajstić information content (AvgIpc) is 3.18. The van der Waals surface area contributed by atoms with Crippen LogP contribution in [0.5, 0.6) is 5.75 Å². The molecule has 1 spiro atoms. The number of piperidine rings is 1. The monoisotopic (exact) mass is 423 g/mol. The number of carbonyl (C=O) groups excluding carboxylic acids is 2. The van der Waals surface area contributed by atoms with Crippen LogP contribution in [0.3, 0.4) is 0 Å². The number of hydrogen-bond acceptors (Lipinski definition) is 3. The second-order valence-electron chi connectivity index (χ2n) is 9.42. The van der Waals surface area contributed by atoms with Crippen molar-refractivity contribution in [3.8, 4) is 5.75 Å². The van der Waals surface area contributed by atoms with Crippen LogP contribution in [-0.4, -0.2) is 46.5 Å². The van der Waals surface area contributed by atoms with Crippen LogP contribution in [0.15, 0.2) is 42.6 Å². The predicted octanol–water partition coefficient (Wildman–Crippen LogP) is 3.73. The van der Waals surface area contributed by atoms with Gasteiger partial charge in [0.25, 0.3) is 5.91 Å². The van der Waals surface area contributed by atoms with Crippen LogP contribution >= 0.6 is 0 Å². The molecular weight excluding hydrogens is 390 g/mol. The fourth-order valence-electron chi connectivity index (χ4n) is 4.81. The number of nitrogens with one attached hydrogen (secondary N) is 1.